The fraction of sp³-hybridized carbons (Fsp3) is 0.812. The molecule has 5 radical (unpaired) electrons. The molecule has 2 aliphatic heterocycles. The van der Waals surface area contributed by atoms with Crippen LogP contribution in [0.15, 0.2) is 12.4 Å². The Morgan fingerprint density at radius 2 is 2.10 bits per heavy atom. The number of rotatable bonds is 11. The van der Waals surface area contributed by atoms with E-state index in [1.807, 2.05) is 6.66 Å². The van der Waals surface area contributed by atoms with Gasteiger partial charge in [0.15, 0.2) is 8.38 Å². The van der Waals surface area contributed by atoms with Gasteiger partial charge in [-0.05, 0) is 19.8 Å². The van der Waals surface area contributed by atoms with Crippen molar-refractivity contribution in [2.24, 2.45) is 0 Å². The maximum Gasteiger partial charge on any atom is 0.437 e. The fourth-order valence-corrected chi connectivity index (χ4v) is 5.68. The third-order valence-corrected chi connectivity index (χ3v) is 7.69. The standard InChI is InChI=1S/C16H26B3N2O8P2/c1-10-20-4-5-21(10)31(22,23)26-9-14-12(6-15(17)27-14)29-30(3)25-8-13-11(24-2)7-16(19-18)28-13/h4-5,11-16H,6-9H2,1-3H3,(H,22,23). The molecule has 0 spiro atoms. The predicted molar refractivity (Wildman–Crippen MR) is 116 cm³/mol. The molecule has 2 saturated heterocycles. The van der Waals surface area contributed by atoms with Gasteiger partial charge in [0.2, 0.25) is 0 Å². The Hall–Kier alpha value is -0.215. The molecule has 10 nitrogen and oxygen atoms in total. The summed E-state index contributed by atoms with van der Waals surface area (Å²) < 4.78 is 47.5. The normalized spacial score (nSPS) is 33.9. The molecule has 1 N–H and O–H groups in total. The van der Waals surface area contributed by atoms with Crippen molar-refractivity contribution in [1.29, 1.82) is 0 Å². The molecular formula is C16H26B3N2O8P2. The molecule has 0 amide bonds. The number of imidazole rings is 1. The molecule has 0 aliphatic carbocycles. The zero-order chi connectivity index (χ0) is 22.6. The number of hydrogen-bond acceptors (Lipinski definition) is 8. The van der Waals surface area contributed by atoms with Crippen LogP contribution in [0.1, 0.15) is 18.7 Å². The Bertz CT molecular complexity index is 762. The lowest BCUT2D eigenvalue weighted by atomic mass is 9.51. The summed E-state index contributed by atoms with van der Waals surface area (Å²) in [5.41, 5.74) is 0. The van der Waals surface area contributed by atoms with E-state index in [0.717, 1.165) is 4.34 Å². The van der Waals surface area contributed by atoms with Crippen molar-refractivity contribution < 1.29 is 37.2 Å². The molecule has 1 aromatic heterocycles. The lowest BCUT2D eigenvalue weighted by Crippen LogP contribution is -2.30. The first-order valence-corrected chi connectivity index (χ1v) is 13.0. The maximum absolute atomic E-state index is 12.5. The third kappa shape index (κ3) is 6.65. The lowest BCUT2D eigenvalue weighted by Gasteiger charge is -2.25. The van der Waals surface area contributed by atoms with Gasteiger partial charge in [-0.25, -0.2) is 13.9 Å². The van der Waals surface area contributed by atoms with Crippen LogP contribution in [-0.2, 0) is 32.3 Å². The lowest BCUT2D eigenvalue weighted by molar-refractivity contribution is -0.0201. The summed E-state index contributed by atoms with van der Waals surface area (Å²) in [4.78, 5) is 14.2. The largest absolute Gasteiger partial charge is 0.437 e. The Morgan fingerprint density at radius 1 is 1.35 bits per heavy atom. The molecule has 3 rings (SSSR count). The van der Waals surface area contributed by atoms with Crippen molar-refractivity contribution in [3.05, 3.63) is 18.2 Å². The molecule has 31 heavy (non-hydrogen) atoms. The predicted octanol–water partition coefficient (Wildman–Crippen LogP) is 0.701. The molecule has 0 saturated carbocycles. The highest BCUT2D eigenvalue weighted by molar-refractivity contribution is 7.51. The van der Waals surface area contributed by atoms with Crippen LogP contribution in [0.3, 0.4) is 0 Å². The zero-order valence-electron chi connectivity index (χ0n) is 17.8. The molecule has 1 aromatic rings. The van der Waals surface area contributed by atoms with Crippen LogP contribution in [-0.4, -0.2) is 100 Å². The van der Waals surface area contributed by atoms with Gasteiger partial charge >= 0.3 is 7.75 Å². The minimum atomic E-state index is -4.11. The summed E-state index contributed by atoms with van der Waals surface area (Å²) >= 11 is 0. The minimum Gasteiger partial charge on any atom is -0.380 e. The number of ether oxygens (including phenoxy) is 3. The molecule has 2 fully saturated rings. The van der Waals surface area contributed by atoms with E-state index >= 15 is 0 Å². The quantitative estimate of drug-likeness (QED) is 0.370. The van der Waals surface area contributed by atoms with E-state index < -0.39 is 34.3 Å². The second-order valence-electron chi connectivity index (χ2n) is 7.35. The van der Waals surface area contributed by atoms with E-state index in [-0.39, 0.29) is 31.4 Å². The number of hydrogen-bond donors (Lipinski definition) is 1. The van der Waals surface area contributed by atoms with Crippen molar-refractivity contribution in [2.45, 2.75) is 56.2 Å². The summed E-state index contributed by atoms with van der Waals surface area (Å²) in [5, 5.41) is 0. The van der Waals surface area contributed by atoms with Crippen molar-refractivity contribution in [3.8, 4) is 0 Å². The smallest absolute Gasteiger partial charge is 0.380 e. The van der Waals surface area contributed by atoms with Gasteiger partial charge in [0.1, 0.15) is 25.9 Å². The van der Waals surface area contributed by atoms with Gasteiger partial charge in [0.05, 0.1) is 32.6 Å². The summed E-state index contributed by atoms with van der Waals surface area (Å²) in [6, 6.07) is -0.731. The second-order valence-corrected chi connectivity index (χ2v) is 10.4. The molecule has 8 unspecified atom stereocenters. The van der Waals surface area contributed by atoms with Crippen molar-refractivity contribution in [1.82, 2.24) is 9.32 Å². The van der Waals surface area contributed by atoms with Gasteiger partial charge in [-0.15, -0.1) is 0 Å². The van der Waals surface area contributed by atoms with Crippen LogP contribution in [0, 0.1) is 6.92 Å². The van der Waals surface area contributed by atoms with Crippen LogP contribution in [0.5, 0.6) is 0 Å². The Kier molecular flexibility index (Phi) is 9.24. The minimum absolute atomic E-state index is 0.108. The molecule has 0 aromatic carbocycles. The van der Waals surface area contributed by atoms with Gasteiger partial charge in [0.25, 0.3) is 0 Å². The summed E-state index contributed by atoms with van der Waals surface area (Å²) in [5.74, 6) is 0.367. The van der Waals surface area contributed by atoms with Gasteiger partial charge in [-0.2, -0.15) is 0 Å². The van der Waals surface area contributed by atoms with E-state index in [1.165, 1.54) is 19.6 Å². The Morgan fingerprint density at radius 3 is 2.74 bits per heavy atom. The van der Waals surface area contributed by atoms with Crippen molar-refractivity contribution in [2.75, 3.05) is 27.0 Å². The number of nitrogens with zero attached hydrogens (tertiary/aromatic N) is 2. The number of methoxy groups -OCH3 is 1. The molecule has 2 aliphatic rings. The highest BCUT2D eigenvalue weighted by Gasteiger charge is 2.38. The first-order chi connectivity index (χ1) is 14.7. The molecule has 15 heteroatoms. The van der Waals surface area contributed by atoms with Gasteiger partial charge in [-0.1, -0.05) is 0 Å². The van der Waals surface area contributed by atoms with Crippen molar-refractivity contribution >= 4 is 38.9 Å². The number of aromatic nitrogens is 2. The molecule has 3 heterocycles. The van der Waals surface area contributed by atoms with Crippen LogP contribution >= 0.6 is 16.1 Å². The molecule has 0 bridgehead atoms. The highest BCUT2D eigenvalue weighted by atomic mass is 31.2. The first-order valence-electron chi connectivity index (χ1n) is 9.89. The zero-order valence-corrected chi connectivity index (χ0v) is 19.6. The van der Waals surface area contributed by atoms with Gasteiger partial charge < -0.3 is 28.2 Å². The van der Waals surface area contributed by atoms with Crippen LogP contribution < -0.4 is 0 Å². The Balaban J connectivity index is 1.49. The third-order valence-electron chi connectivity index (χ3n) is 5.16. The van der Waals surface area contributed by atoms with Gasteiger partial charge in [0, 0.05) is 45.9 Å². The average Bonchev–Trinajstić information content (AvgIpc) is 3.43. The van der Waals surface area contributed by atoms with Crippen LogP contribution in [0.4, 0.5) is 0 Å². The average molecular weight is 469 g/mol. The van der Waals surface area contributed by atoms with E-state index in [2.05, 4.69) is 4.98 Å². The van der Waals surface area contributed by atoms with E-state index in [1.54, 1.807) is 14.0 Å². The van der Waals surface area contributed by atoms with Crippen molar-refractivity contribution in [3.63, 3.8) is 0 Å². The molecule has 8 atom stereocenters. The molecule has 167 valence electrons. The fourth-order valence-electron chi connectivity index (χ4n) is 3.54. The number of aryl methyl sites for hydroxylation is 1. The van der Waals surface area contributed by atoms with Gasteiger partial charge in [-0.3, -0.25) is 4.52 Å². The summed E-state index contributed by atoms with van der Waals surface area (Å²) in [6.45, 7) is 3.54. The van der Waals surface area contributed by atoms with Crippen LogP contribution in [0.25, 0.3) is 0 Å². The molecular weight excluding hydrogens is 443 g/mol. The Labute approximate surface area is 187 Å². The topological polar surface area (TPSA) is 110 Å². The van der Waals surface area contributed by atoms with E-state index in [4.69, 9.17) is 43.4 Å². The second kappa shape index (κ2) is 11.3. The van der Waals surface area contributed by atoms with E-state index in [0.29, 0.717) is 18.7 Å². The maximum atomic E-state index is 12.5. The first kappa shape index (κ1) is 25.4. The summed E-state index contributed by atoms with van der Waals surface area (Å²) in [6.07, 6.45) is 2.48. The van der Waals surface area contributed by atoms with Crippen LogP contribution in [0.2, 0.25) is 0 Å². The monoisotopic (exact) mass is 469 g/mol. The SMILES string of the molecule is [B][B]C1CC(OC)C(COP(C)OC2CC([B])OC2COP(=O)(O)n2ccnc2C)O1. The van der Waals surface area contributed by atoms with E-state index in [9.17, 15) is 9.46 Å². The highest BCUT2D eigenvalue weighted by Crippen LogP contribution is 2.46. The summed E-state index contributed by atoms with van der Waals surface area (Å²) in [7, 11) is 9.19.